The van der Waals surface area contributed by atoms with Gasteiger partial charge in [-0.2, -0.15) is 0 Å². The summed E-state index contributed by atoms with van der Waals surface area (Å²) in [7, 11) is 1.69. The summed E-state index contributed by atoms with van der Waals surface area (Å²) in [4.78, 5) is 15.3. The van der Waals surface area contributed by atoms with Crippen LogP contribution in [0.2, 0.25) is 0 Å². The Morgan fingerprint density at radius 2 is 2.36 bits per heavy atom. The summed E-state index contributed by atoms with van der Waals surface area (Å²) in [6.45, 7) is 2.08. The van der Waals surface area contributed by atoms with Crippen molar-refractivity contribution in [2.75, 3.05) is 24.7 Å². The number of nitrogens with two attached hydrogens (primary N) is 1. The fourth-order valence-corrected chi connectivity index (χ4v) is 0.989. The Morgan fingerprint density at radius 1 is 1.64 bits per heavy atom. The molecule has 0 saturated heterocycles. The van der Waals surface area contributed by atoms with Crippen LogP contribution in [0.1, 0.15) is 17.4 Å². The maximum absolute atomic E-state index is 11.3. The second kappa shape index (κ2) is 4.45. The first kappa shape index (κ1) is 10.3. The molecular formula is C9H13N3O2. The van der Waals surface area contributed by atoms with Gasteiger partial charge in [0.2, 0.25) is 0 Å². The number of aromatic nitrogens is 1. The molecule has 0 bridgehead atoms. The fourth-order valence-electron chi connectivity index (χ4n) is 0.989. The average molecular weight is 195 g/mol. The molecule has 1 rings (SSSR count). The maximum atomic E-state index is 11.3. The summed E-state index contributed by atoms with van der Waals surface area (Å²) in [6, 6.07) is 3.15. The summed E-state index contributed by atoms with van der Waals surface area (Å²) in [5, 5.41) is 2.79. The predicted molar refractivity (Wildman–Crippen MR) is 54.2 cm³/mol. The molecule has 0 amide bonds. The van der Waals surface area contributed by atoms with Crippen LogP contribution in [0.4, 0.5) is 11.5 Å². The molecule has 5 nitrogen and oxygen atoms in total. The van der Waals surface area contributed by atoms with Crippen molar-refractivity contribution < 1.29 is 9.53 Å². The van der Waals surface area contributed by atoms with Crippen LogP contribution in [0.15, 0.2) is 12.1 Å². The van der Waals surface area contributed by atoms with Gasteiger partial charge in [-0.15, -0.1) is 0 Å². The van der Waals surface area contributed by atoms with Crippen molar-refractivity contribution in [2.24, 2.45) is 0 Å². The molecule has 0 aliphatic heterocycles. The summed E-state index contributed by atoms with van der Waals surface area (Å²) < 4.78 is 4.80. The van der Waals surface area contributed by atoms with E-state index in [1.54, 1.807) is 20.0 Å². The fraction of sp³-hybridized carbons (Fsp3) is 0.333. The molecule has 1 heterocycles. The standard InChI is InChI=1S/C9H13N3O2/c1-3-14-9(13)7-5-4-6(10)8(11-2)12-7/h4-5H,3,10H2,1-2H3,(H,11,12). The molecule has 76 valence electrons. The van der Waals surface area contributed by atoms with E-state index < -0.39 is 5.97 Å². The van der Waals surface area contributed by atoms with Gasteiger partial charge in [-0.1, -0.05) is 0 Å². The largest absolute Gasteiger partial charge is 0.461 e. The summed E-state index contributed by atoms with van der Waals surface area (Å²) >= 11 is 0. The molecule has 0 aliphatic rings. The molecule has 3 N–H and O–H groups in total. The molecule has 5 heteroatoms. The highest BCUT2D eigenvalue weighted by Crippen LogP contribution is 2.15. The quantitative estimate of drug-likeness (QED) is 0.700. The number of nitrogen functional groups attached to an aromatic ring is 1. The van der Waals surface area contributed by atoms with Crippen LogP contribution in [0, 0.1) is 0 Å². The van der Waals surface area contributed by atoms with Gasteiger partial charge in [0.05, 0.1) is 12.3 Å². The van der Waals surface area contributed by atoms with Crippen LogP contribution >= 0.6 is 0 Å². The Labute approximate surface area is 82.3 Å². The van der Waals surface area contributed by atoms with Crippen LogP contribution in [-0.2, 0) is 4.74 Å². The average Bonchev–Trinajstić information content (AvgIpc) is 2.19. The number of ether oxygens (including phenoxy) is 1. The van der Waals surface area contributed by atoms with Crippen molar-refractivity contribution in [3.63, 3.8) is 0 Å². The molecule has 0 radical (unpaired) electrons. The lowest BCUT2D eigenvalue weighted by Crippen LogP contribution is -2.09. The van der Waals surface area contributed by atoms with E-state index in [0.29, 0.717) is 18.1 Å². The van der Waals surface area contributed by atoms with E-state index in [2.05, 4.69) is 10.3 Å². The lowest BCUT2D eigenvalue weighted by Gasteiger charge is -2.05. The summed E-state index contributed by atoms with van der Waals surface area (Å²) in [5.41, 5.74) is 6.35. The van der Waals surface area contributed by atoms with Gasteiger partial charge in [0.1, 0.15) is 5.82 Å². The van der Waals surface area contributed by atoms with Gasteiger partial charge in [0.25, 0.3) is 0 Å². The molecule has 1 aromatic rings. The number of nitrogens with zero attached hydrogens (tertiary/aromatic N) is 1. The van der Waals surface area contributed by atoms with E-state index >= 15 is 0 Å². The highest BCUT2D eigenvalue weighted by Gasteiger charge is 2.09. The zero-order valence-corrected chi connectivity index (χ0v) is 8.20. The topological polar surface area (TPSA) is 77.2 Å². The molecule has 0 atom stereocenters. The molecule has 14 heavy (non-hydrogen) atoms. The van der Waals surface area contributed by atoms with Crippen LogP contribution in [0.5, 0.6) is 0 Å². The Hall–Kier alpha value is -1.78. The van der Waals surface area contributed by atoms with Crippen LogP contribution in [-0.4, -0.2) is 24.6 Å². The number of anilines is 2. The van der Waals surface area contributed by atoms with Crippen molar-refractivity contribution in [3.8, 4) is 0 Å². The Kier molecular flexibility index (Phi) is 3.28. The van der Waals surface area contributed by atoms with Crippen molar-refractivity contribution >= 4 is 17.5 Å². The maximum Gasteiger partial charge on any atom is 0.357 e. The number of nitrogens with one attached hydrogen (secondary N) is 1. The predicted octanol–water partition coefficient (Wildman–Crippen LogP) is 0.882. The first-order valence-electron chi connectivity index (χ1n) is 4.30. The molecule has 1 aromatic heterocycles. The van der Waals surface area contributed by atoms with Gasteiger partial charge in [0, 0.05) is 7.05 Å². The van der Waals surface area contributed by atoms with E-state index in [1.165, 1.54) is 6.07 Å². The second-order valence-electron chi connectivity index (χ2n) is 2.60. The van der Waals surface area contributed by atoms with Crippen LogP contribution in [0.25, 0.3) is 0 Å². The van der Waals surface area contributed by atoms with E-state index in [-0.39, 0.29) is 5.69 Å². The van der Waals surface area contributed by atoms with E-state index in [1.807, 2.05) is 0 Å². The van der Waals surface area contributed by atoms with E-state index in [4.69, 9.17) is 10.5 Å². The summed E-state index contributed by atoms with van der Waals surface area (Å²) in [6.07, 6.45) is 0. The molecule has 0 spiro atoms. The Balaban J connectivity index is 2.94. The zero-order valence-electron chi connectivity index (χ0n) is 8.20. The smallest absolute Gasteiger partial charge is 0.357 e. The van der Waals surface area contributed by atoms with Gasteiger partial charge >= 0.3 is 5.97 Å². The van der Waals surface area contributed by atoms with Gasteiger partial charge < -0.3 is 15.8 Å². The third kappa shape index (κ3) is 2.12. The van der Waals surface area contributed by atoms with Gasteiger partial charge in [-0.3, -0.25) is 0 Å². The van der Waals surface area contributed by atoms with Crippen molar-refractivity contribution in [1.82, 2.24) is 4.98 Å². The van der Waals surface area contributed by atoms with Gasteiger partial charge in [-0.05, 0) is 19.1 Å². The lowest BCUT2D eigenvalue weighted by molar-refractivity contribution is 0.0519. The normalized spacial score (nSPS) is 9.57. The molecule has 0 aromatic carbocycles. The number of hydrogen-bond donors (Lipinski definition) is 2. The van der Waals surface area contributed by atoms with Crippen molar-refractivity contribution in [1.29, 1.82) is 0 Å². The number of pyridine rings is 1. The van der Waals surface area contributed by atoms with Crippen molar-refractivity contribution in [2.45, 2.75) is 6.92 Å². The lowest BCUT2D eigenvalue weighted by atomic mass is 10.3. The third-order valence-electron chi connectivity index (χ3n) is 1.65. The van der Waals surface area contributed by atoms with Crippen LogP contribution in [0.3, 0.4) is 0 Å². The molecule has 0 aliphatic carbocycles. The molecule has 0 saturated carbocycles. The Morgan fingerprint density at radius 3 is 2.93 bits per heavy atom. The second-order valence-corrected chi connectivity index (χ2v) is 2.60. The monoisotopic (exact) mass is 195 g/mol. The highest BCUT2D eigenvalue weighted by atomic mass is 16.5. The Bertz CT molecular complexity index is 339. The van der Waals surface area contributed by atoms with Gasteiger partial charge in [0.15, 0.2) is 5.69 Å². The third-order valence-corrected chi connectivity index (χ3v) is 1.65. The minimum Gasteiger partial charge on any atom is -0.461 e. The number of rotatable bonds is 3. The number of carbonyl (C=O) groups is 1. The van der Waals surface area contributed by atoms with E-state index in [9.17, 15) is 4.79 Å². The van der Waals surface area contributed by atoms with Gasteiger partial charge in [-0.25, -0.2) is 9.78 Å². The number of carbonyl (C=O) groups excluding carboxylic acids is 1. The molecular weight excluding hydrogens is 182 g/mol. The first-order valence-corrected chi connectivity index (χ1v) is 4.30. The van der Waals surface area contributed by atoms with E-state index in [0.717, 1.165) is 0 Å². The zero-order chi connectivity index (χ0) is 10.6. The minimum absolute atomic E-state index is 0.255. The van der Waals surface area contributed by atoms with Crippen molar-refractivity contribution in [3.05, 3.63) is 17.8 Å². The molecule has 0 unspecified atom stereocenters. The number of esters is 1. The molecule has 0 fully saturated rings. The first-order chi connectivity index (χ1) is 6.69. The minimum atomic E-state index is -0.441. The number of hydrogen-bond acceptors (Lipinski definition) is 5. The highest BCUT2D eigenvalue weighted by molar-refractivity contribution is 5.88. The van der Waals surface area contributed by atoms with Crippen LogP contribution < -0.4 is 11.1 Å². The summed E-state index contributed by atoms with van der Waals surface area (Å²) in [5.74, 6) is 0.0413. The SMILES string of the molecule is CCOC(=O)c1ccc(N)c(NC)n1.